The summed E-state index contributed by atoms with van der Waals surface area (Å²) in [6.45, 7) is 9.87. The first-order valence-electron chi connectivity index (χ1n) is 15.5. The first-order chi connectivity index (χ1) is 21.0. The molecule has 0 unspecified atom stereocenters. The molecule has 0 aliphatic heterocycles. The lowest BCUT2D eigenvalue weighted by Gasteiger charge is -2.52. The highest BCUT2D eigenvalue weighted by Crippen LogP contribution is 2.55. The van der Waals surface area contributed by atoms with E-state index >= 15 is 0 Å². The normalized spacial score (nSPS) is 21.2. The zero-order chi connectivity index (χ0) is 31.3. The molecule has 3 aliphatic carbocycles. The number of nitrogens with zero attached hydrogens (tertiary/aromatic N) is 1. The molecule has 0 atom stereocenters. The first kappa shape index (κ1) is 30.3. The van der Waals surface area contributed by atoms with Crippen LogP contribution in [-0.2, 0) is 16.0 Å². The van der Waals surface area contributed by atoms with Crippen LogP contribution in [0.1, 0.15) is 80.4 Å². The molecule has 0 spiro atoms. The maximum Gasteiger partial charge on any atom is 0.316 e. The van der Waals surface area contributed by atoms with Crippen molar-refractivity contribution in [3.63, 3.8) is 0 Å². The number of carbonyl (C=O) groups is 2. The van der Waals surface area contributed by atoms with E-state index in [1.54, 1.807) is 0 Å². The number of hydrogen-bond donors (Lipinski definition) is 1. The second kappa shape index (κ2) is 11.3. The highest BCUT2D eigenvalue weighted by Gasteiger charge is 2.55. The number of rotatable bonds is 6. The predicted molar refractivity (Wildman–Crippen MR) is 180 cm³/mol. The largest absolute Gasteiger partial charge is 0.459 e. The molecule has 5 nitrogen and oxygen atoms in total. The van der Waals surface area contributed by atoms with Crippen LogP contribution >= 0.6 is 15.9 Å². The number of benzene rings is 3. The highest BCUT2D eigenvalue weighted by atomic mass is 79.9. The molecule has 3 aliphatic rings. The van der Waals surface area contributed by atoms with Gasteiger partial charge in [0, 0.05) is 15.4 Å². The van der Waals surface area contributed by atoms with Crippen molar-refractivity contribution in [3.8, 4) is 11.3 Å². The Hall–Kier alpha value is -3.77. The van der Waals surface area contributed by atoms with Crippen molar-refractivity contribution in [3.05, 3.63) is 106 Å². The lowest BCUT2D eigenvalue weighted by molar-refractivity contribution is -0.167. The Labute approximate surface area is 268 Å². The average Bonchev–Trinajstić information content (AvgIpc) is 3.00. The van der Waals surface area contributed by atoms with Gasteiger partial charge in [-0.15, -0.1) is 0 Å². The molecule has 4 aromatic rings. The molecule has 1 fully saturated rings. The Kier molecular flexibility index (Phi) is 7.77. The summed E-state index contributed by atoms with van der Waals surface area (Å²) in [4.78, 5) is 33.4. The van der Waals surface area contributed by atoms with Gasteiger partial charge in [-0.05, 0) is 100 Å². The molecule has 1 N–H and O–H groups in total. The number of nitrogens with one attached hydrogen (secondary N) is 1. The summed E-state index contributed by atoms with van der Waals surface area (Å²) in [5.74, 6) is -0.304. The van der Waals surface area contributed by atoms with Gasteiger partial charge in [-0.3, -0.25) is 9.59 Å². The minimum atomic E-state index is -0.708. The number of amides is 1. The topological polar surface area (TPSA) is 68.3 Å². The minimum Gasteiger partial charge on any atom is -0.459 e. The van der Waals surface area contributed by atoms with Gasteiger partial charge in [0.1, 0.15) is 5.60 Å². The van der Waals surface area contributed by atoms with Crippen LogP contribution in [-0.4, -0.2) is 28.0 Å². The van der Waals surface area contributed by atoms with Crippen LogP contribution in [0.25, 0.3) is 27.7 Å². The van der Waals surface area contributed by atoms with Gasteiger partial charge in [-0.1, -0.05) is 83.5 Å². The summed E-state index contributed by atoms with van der Waals surface area (Å²) < 4.78 is 6.86. The number of halogens is 1. The number of aryl methyl sites for hydroxylation is 1. The van der Waals surface area contributed by atoms with Crippen LogP contribution in [0.4, 0.5) is 0 Å². The quantitative estimate of drug-likeness (QED) is 0.211. The fourth-order valence-electron chi connectivity index (χ4n) is 6.99. The molecule has 7 rings (SSSR count). The van der Waals surface area contributed by atoms with E-state index in [0.29, 0.717) is 31.2 Å². The number of pyridine rings is 1. The van der Waals surface area contributed by atoms with Crippen molar-refractivity contribution in [2.75, 3.05) is 0 Å². The zero-order valence-electron chi connectivity index (χ0n) is 26.1. The third-order valence-electron chi connectivity index (χ3n) is 9.24. The maximum absolute atomic E-state index is 14.7. The molecule has 1 aromatic heterocycles. The van der Waals surface area contributed by atoms with E-state index in [9.17, 15) is 9.59 Å². The summed E-state index contributed by atoms with van der Waals surface area (Å²) >= 11 is 3.62. The zero-order valence-corrected chi connectivity index (χ0v) is 27.7. The van der Waals surface area contributed by atoms with Crippen LogP contribution in [0.15, 0.2) is 83.3 Å². The Morgan fingerprint density at radius 1 is 0.955 bits per heavy atom. The van der Waals surface area contributed by atoms with Crippen molar-refractivity contribution < 1.29 is 14.3 Å². The second-order valence-corrected chi connectivity index (χ2v) is 14.2. The molecular weight excluding hydrogens is 612 g/mol. The van der Waals surface area contributed by atoms with Crippen LogP contribution in [0, 0.1) is 12.3 Å². The summed E-state index contributed by atoms with van der Waals surface area (Å²) in [7, 11) is 0. The van der Waals surface area contributed by atoms with E-state index in [2.05, 4.69) is 46.4 Å². The predicted octanol–water partition coefficient (Wildman–Crippen LogP) is 9.00. The fraction of sp³-hybridized carbons (Fsp3) is 0.342. The van der Waals surface area contributed by atoms with E-state index < -0.39 is 16.6 Å². The van der Waals surface area contributed by atoms with Crippen molar-refractivity contribution in [2.45, 2.75) is 77.9 Å². The summed E-state index contributed by atoms with van der Waals surface area (Å²) in [5, 5.41) is 4.37. The number of aromatic nitrogens is 1. The van der Waals surface area contributed by atoms with Gasteiger partial charge in [0.15, 0.2) is 0 Å². The molecule has 44 heavy (non-hydrogen) atoms. The Morgan fingerprint density at radius 2 is 1.64 bits per heavy atom. The third-order valence-corrected chi connectivity index (χ3v) is 9.74. The van der Waals surface area contributed by atoms with Gasteiger partial charge in [0.25, 0.3) is 5.91 Å². The highest BCUT2D eigenvalue weighted by molar-refractivity contribution is 9.10. The van der Waals surface area contributed by atoms with E-state index in [4.69, 9.17) is 9.72 Å². The number of esters is 1. The van der Waals surface area contributed by atoms with E-state index in [1.807, 2.05) is 88.4 Å². The monoisotopic (exact) mass is 650 g/mol. The molecule has 0 radical (unpaired) electrons. The van der Waals surface area contributed by atoms with Crippen molar-refractivity contribution in [1.29, 1.82) is 0 Å². The first-order valence-corrected chi connectivity index (χ1v) is 16.3. The molecular formula is C38H39BrN2O3. The summed E-state index contributed by atoms with van der Waals surface area (Å²) in [6.07, 6.45) is 5.53. The number of fused-ring (bicyclic) bond motifs is 3. The van der Waals surface area contributed by atoms with Gasteiger partial charge in [0.2, 0.25) is 0 Å². The van der Waals surface area contributed by atoms with Crippen LogP contribution in [0.2, 0.25) is 0 Å². The number of carbonyl (C=O) groups excluding carboxylic acids is 2. The third kappa shape index (κ3) is 5.38. The number of ether oxygens (including phenoxy) is 1. The van der Waals surface area contributed by atoms with Gasteiger partial charge < -0.3 is 10.1 Å². The molecule has 6 heteroatoms. The van der Waals surface area contributed by atoms with E-state index in [0.717, 1.165) is 49.8 Å². The SMILES string of the molecule is CCc1ccccc1C1=CC2(C(=O)OC(C)(C)C)CCC1(NC(=O)c1c(C)c(-c3ccccc3)nc3ccc(Br)cc13)CC2. The van der Waals surface area contributed by atoms with Gasteiger partial charge in [0.05, 0.1) is 27.7 Å². The van der Waals surface area contributed by atoms with Gasteiger partial charge in [-0.25, -0.2) is 4.98 Å². The van der Waals surface area contributed by atoms with E-state index in [-0.39, 0.29) is 11.9 Å². The smallest absolute Gasteiger partial charge is 0.316 e. The Morgan fingerprint density at radius 3 is 2.32 bits per heavy atom. The molecule has 3 aromatic carbocycles. The van der Waals surface area contributed by atoms with E-state index in [1.165, 1.54) is 5.56 Å². The minimum absolute atomic E-state index is 0.128. The molecule has 1 heterocycles. The summed E-state index contributed by atoms with van der Waals surface area (Å²) in [5.41, 5.74) is 5.40. The average molecular weight is 652 g/mol. The standard InChI is InChI=1S/C38H39BrN2O3/c1-6-25-12-10-11-15-28(25)30-23-37(35(43)44-36(3,4)5)18-20-38(30,21-19-37)41-34(42)32-24(2)33(26-13-8-7-9-14-26)40-31-17-16-27(39)22-29(31)32/h7-17,22-23H,6,18-21H2,1-5H3,(H,41,42). The van der Waals surface area contributed by atoms with Crippen LogP contribution in [0.3, 0.4) is 0 Å². The van der Waals surface area contributed by atoms with Gasteiger partial charge >= 0.3 is 5.97 Å². The molecule has 0 saturated heterocycles. The molecule has 226 valence electrons. The van der Waals surface area contributed by atoms with Crippen molar-refractivity contribution in [2.24, 2.45) is 5.41 Å². The fourth-order valence-corrected chi connectivity index (χ4v) is 7.35. The second-order valence-electron chi connectivity index (χ2n) is 13.3. The Bertz CT molecular complexity index is 1790. The molecule has 2 bridgehead atoms. The lowest BCUT2D eigenvalue weighted by Crippen LogP contribution is -2.58. The Balaban J connectivity index is 1.49. The van der Waals surface area contributed by atoms with Crippen LogP contribution < -0.4 is 5.32 Å². The van der Waals surface area contributed by atoms with Crippen molar-refractivity contribution >= 4 is 44.3 Å². The van der Waals surface area contributed by atoms with Crippen LogP contribution in [0.5, 0.6) is 0 Å². The lowest BCUT2D eigenvalue weighted by atomic mass is 9.57. The molecule has 1 saturated carbocycles. The summed E-state index contributed by atoms with van der Waals surface area (Å²) in [6, 6.07) is 24.3. The van der Waals surface area contributed by atoms with Gasteiger partial charge in [-0.2, -0.15) is 0 Å². The number of hydrogen-bond acceptors (Lipinski definition) is 4. The maximum atomic E-state index is 14.7. The molecule has 1 amide bonds. The van der Waals surface area contributed by atoms with Crippen molar-refractivity contribution in [1.82, 2.24) is 10.3 Å².